The summed E-state index contributed by atoms with van der Waals surface area (Å²) in [4.78, 5) is 24.3. The van der Waals surface area contributed by atoms with Crippen molar-refractivity contribution in [2.75, 3.05) is 6.61 Å². The fourth-order valence-electron chi connectivity index (χ4n) is 5.54. The van der Waals surface area contributed by atoms with E-state index in [-0.39, 0.29) is 17.8 Å². The molecule has 0 aliphatic heterocycles. The van der Waals surface area contributed by atoms with Crippen LogP contribution in [0.15, 0.2) is 0 Å². The molecule has 7 nitrogen and oxygen atoms in total. The first kappa shape index (κ1) is 22.4. The molecule has 10 heteroatoms. The van der Waals surface area contributed by atoms with Crippen LogP contribution in [-0.4, -0.2) is 42.4 Å². The van der Waals surface area contributed by atoms with Crippen molar-refractivity contribution < 1.29 is 40.8 Å². The van der Waals surface area contributed by atoms with Crippen molar-refractivity contribution in [2.24, 2.45) is 22.7 Å². The number of rotatable bonds is 7. The van der Waals surface area contributed by atoms with Gasteiger partial charge >= 0.3 is 17.2 Å². The summed E-state index contributed by atoms with van der Waals surface area (Å²) in [6.07, 6.45) is 4.56. The molecule has 4 saturated carbocycles. The van der Waals surface area contributed by atoms with Gasteiger partial charge in [-0.1, -0.05) is 6.92 Å². The SMILES string of the molecule is CCC(C)(C)C(=O)OC12CC3CC(CC(COC(=O)C(F)(F)S(=O)(=O)[O-])(C3)C1)C2. The van der Waals surface area contributed by atoms with E-state index in [9.17, 15) is 31.3 Å². The summed E-state index contributed by atoms with van der Waals surface area (Å²) >= 11 is 0. The average Bonchev–Trinajstić information content (AvgIpc) is 2.57. The van der Waals surface area contributed by atoms with E-state index in [1.807, 2.05) is 6.92 Å². The molecule has 4 aliphatic rings. The minimum atomic E-state index is -6.15. The van der Waals surface area contributed by atoms with Crippen LogP contribution in [0.1, 0.15) is 65.7 Å². The predicted molar refractivity (Wildman–Crippen MR) is 95.6 cm³/mol. The van der Waals surface area contributed by atoms with Gasteiger partial charge < -0.3 is 14.0 Å². The number of carbonyl (C=O) groups is 2. The molecule has 4 fully saturated rings. The number of esters is 2. The molecule has 0 N–H and O–H groups in total. The number of carbonyl (C=O) groups excluding carboxylic acids is 2. The van der Waals surface area contributed by atoms with Gasteiger partial charge in [0, 0.05) is 5.41 Å². The molecule has 0 saturated heterocycles. The van der Waals surface area contributed by atoms with E-state index < -0.39 is 44.4 Å². The third-order valence-corrected chi connectivity index (χ3v) is 7.73. The van der Waals surface area contributed by atoms with Crippen LogP contribution in [0.3, 0.4) is 0 Å². The summed E-state index contributed by atoms with van der Waals surface area (Å²) < 4.78 is 69.5. The fourth-order valence-corrected chi connectivity index (χ4v) is 5.80. The van der Waals surface area contributed by atoms with Gasteiger partial charge in [-0.05, 0) is 70.6 Å². The second kappa shape index (κ2) is 6.87. The monoisotopic (exact) mass is 437 g/mol. The Morgan fingerprint density at radius 1 is 1.10 bits per heavy atom. The second-order valence-corrected chi connectivity index (χ2v) is 11.2. The molecule has 2 atom stereocenters. The normalized spacial score (nSPS) is 34.1. The van der Waals surface area contributed by atoms with Crippen LogP contribution in [-0.2, 0) is 29.2 Å². The summed E-state index contributed by atoms with van der Waals surface area (Å²) in [7, 11) is -6.15. The average molecular weight is 437 g/mol. The molecule has 0 aromatic heterocycles. The quantitative estimate of drug-likeness (QED) is 0.445. The lowest BCUT2D eigenvalue weighted by Gasteiger charge is -2.61. The highest BCUT2D eigenvalue weighted by Crippen LogP contribution is 2.63. The molecular formula is C19H27F2O7S-. The van der Waals surface area contributed by atoms with Crippen LogP contribution in [0.25, 0.3) is 0 Å². The second-order valence-electron chi connectivity index (χ2n) is 9.82. The van der Waals surface area contributed by atoms with Crippen molar-refractivity contribution in [3.8, 4) is 0 Å². The van der Waals surface area contributed by atoms with Crippen LogP contribution >= 0.6 is 0 Å². The topological polar surface area (TPSA) is 110 Å². The molecule has 0 aromatic carbocycles. The fraction of sp³-hybridized carbons (Fsp3) is 0.895. The zero-order chi connectivity index (χ0) is 21.9. The zero-order valence-corrected chi connectivity index (χ0v) is 17.6. The number of hydrogen-bond donors (Lipinski definition) is 0. The lowest BCUT2D eigenvalue weighted by molar-refractivity contribution is -0.218. The van der Waals surface area contributed by atoms with Crippen molar-refractivity contribution in [2.45, 2.75) is 76.6 Å². The highest BCUT2D eigenvalue weighted by Gasteiger charge is 2.61. The molecule has 0 heterocycles. The first-order chi connectivity index (χ1) is 13.1. The van der Waals surface area contributed by atoms with Crippen LogP contribution < -0.4 is 0 Å². The number of halogens is 2. The van der Waals surface area contributed by atoms with Crippen molar-refractivity contribution >= 4 is 22.1 Å². The Kier molecular flexibility index (Phi) is 5.30. The molecule has 0 aromatic rings. The van der Waals surface area contributed by atoms with Crippen LogP contribution in [0, 0.1) is 22.7 Å². The highest BCUT2D eigenvalue weighted by molar-refractivity contribution is 7.87. The third-order valence-electron chi connectivity index (χ3n) is 6.94. The highest BCUT2D eigenvalue weighted by atomic mass is 32.2. The zero-order valence-electron chi connectivity index (χ0n) is 16.8. The van der Waals surface area contributed by atoms with Crippen molar-refractivity contribution in [1.82, 2.24) is 0 Å². The van der Waals surface area contributed by atoms with Crippen molar-refractivity contribution in [3.63, 3.8) is 0 Å². The summed E-state index contributed by atoms with van der Waals surface area (Å²) in [5.74, 6) is -2.22. The minimum Gasteiger partial charge on any atom is -0.743 e. The Hall–Kier alpha value is -1.29. The molecular weight excluding hydrogens is 410 g/mol. The van der Waals surface area contributed by atoms with Gasteiger partial charge in [0.15, 0.2) is 10.1 Å². The Bertz CT molecular complexity index is 791. The van der Waals surface area contributed by atoms with Gasteiger partial charge in [-0.2, -0.15) is 8.78 Å². The van der Waals surface area contributed by atoms with Crippen molar-refractivity contribution in [1.29, 1.82) is 0 Å². The van der Waals surface area contributed by atoms with E-state index in [0.29, 0.717) is 38.5 Å². The maximum atomic E-state index is 13.5. The molecule has 4 bridgehead atoms. The van der Waals surface area contributed by atoms with Gasteiger partial charge in [-0.3, -0.25) is 4.79 Å². The third kappa shape index (κ3) is 4.02. The maximum Gasteiger partial charge on any atom is 0.428 e. The Labute approximate surface area is 169 Å². The van der Waals surface area contributed by atoms with Gasteiger partial charge in [0.25, 0.3) is 0 Å². The largest absolute Gasteiger partial charge is 0.743 e. The van der Waals surface area contributed by atoms with Crippen molar-refractivity contribution in [3.05, 3.63) is 0 Å². The van der Waals surface area contributed by atoms with Gasteiger partial charge in [-0.15, -0.1) is 0 Å². The van der Waals surface area contributed by atoms with E-state index in [2.05, 4.69) is 4.74 Å². The summed E-state index contributed by atoms with van der Waals surface area (Å²) in [5.41, 5.74) is -2.01. The lowest BCUT2D eigenvalue weighted by Crippen LogP contribution is -2.59. The van der Waals surface area contributed by atoms with E-state index in [0.717, 1.165) is 6.42 Å². The Morgan fingerprint density at radius 2 is 1.66 bits per heavy atom. The maximum absolute atomic E-state index is 13.5. The molecule has 0 spiro atoms. The summed E-state index contributed by atoms with van der Waals surface area (Å²) in [6, 6.07) is 0. The molecule has 29 heavy (non-hydrogen) atoms. The first-order valence-electron chi connectivity index (χ1n) is 9.88. The number of ether oxygens (including phenoxy) is 2. The van der Waals surface area contributed by atoms with E-state index in [4.69, 9.17) is 4.74 Å². The van der Waals surface area contributed by atoms with Crippen LogP contribution in [0.5, 0.6) is 0 Å². The predicted octanol–water partition coefficient (Wildman–Crippen LogP) is 2.99. The van der Waals surface area contributed by atoms with E-state index in [1.165, 1.54) is 0 Å². The minimum absolute atomic E-state index is 0.219. The first-order valence-corrected chi connectivity index (χ1v) is 11.3. The van der Waals surface area contributed by atoms with Gasteiger partial charge in [0.05, 0.1) is 12.0 Å². The van der Waals surface area contributed by atoms with E-state index in [1.54, 1.807) is 13.8 Å². The van der Waals surface area contributed by atoms with Gasteiger partial charge in [0.1, 0.15) is 5.60 Å². The molecule has 0 amide bonds. The lowest BCUT2D eigenvalue weighted by atomic mass is 9.48. The van der Waals surface area contributed by atoms with Gasteiger partial charge in [0.2, 0.25) is 0 Å². The number of hydrogen-bond acceptors (Lipinski definition) is 7. The molecule has 0 radical (unpaired) electrons. The number of alkyl halides is 2. The van der Waals surface area contributed by atoms with Crippen LogP contribution in [0.4, 0.5) is 8.78 Å². The molecule has 2 unspecified atom stereocenters. The standard InChI is InChI=1S/C19H28F2O7S/c1-4-16(2,3)14(22)28-18-8-12-5-13(9-18)7-17(6-12,10-18)11-27-15(23)19(20,21)29(24,25)26/h12-13H,4-11H2,1-3H3,(H,24,25,26)/p-1. The molecule has 4 aliphatic carbocycles. The van der Waals surface area contributed by atoms with Gasteiger partial charge in [-0.25, -0.2) is 13.2 Å². The van der Waals surface area contributed by atoms with Crippen LogP contribution in [0.2, 0.25) is 0 Å². The molecule has 166 valence electrons. The smallest absolute Gasteiger partial charge is 0.428 e. The Balaban J connectivity index is 1.76. The molecule has 4 rings (SSSR count). The Morgan fingerprint density at radius 3 is 2.14 bits per heavy atom. The van der Waals surface area contributed by atoms with E-state index >= 15 is 0 Å². The summed E-state index contributed by atoms with van der Waals surface area (Å²) in [5, 5.41) is -5.12. The summed E-state index contributed by atoms with van der Waals surface area (Å²) in [6.45, 7) is 5.09.